The van der Waals surface area contributed by atoms with Gasteiger partial charge in [0, 0.05) is 24.5 Å². The third-order valence-corrected chi connectivity index (χ3v) is 2.87. The molecule has 0 unspecified atom stereocenters. The van der Waals surface area contributed by atoms with Crippen molar-refractivity contribution < 1.29 is 9.84 Å². The maximum atomic E-state index is 9.66. The van der Waals surface area contributed by atoms with Crippen molar-refractivity contribution in [2.75, 3.05) is 0 Å². The number of benzene rings is 1. The van der Waals surface area contributed by atoms with Crippen molar-refractivity contribution in [2.24, 2.45) is 0 Å². The molecule has 0 saturated heterocycles. The average molecular weight is 246 g/mol. The van der Waals surface area contributed by atoms with E-state index in [9.17, 15) is 5.11 Å². The molecule has 0 amide bonds. The van der Waals surface area contributed by atoms with Crippen LogP contribution < -0.4 is 4.74 Å². The minimum absolute atomic E-state index is 0.407. The smallest absolute Gasteiger partial charge is 0.146 e. The number of para-hydroxylation sites is 1. The zero-order chi connectivity index (χ0) is 13.0. The molecule has 96 valence electrons. The lowest BCUT2D eigenvalue weighted by Crippen LogP contribution is -2.07. The molecule has 4 nitrogen and oxygen atoms in total. The summed E-state index contributed by atoms with van der Waals surface area (Å²) in [6.45, 7) is 5.07. The monoisotopic (exact) mass is 246 g/mol. The fourth-order valence-electron chi connectivity index (χ4n) is 1.87. The Morgan fingerprint density at radius 3 is 2.89 bits per heavy atom. The van der Waals surface area contributed by atoms with Crippen LogP contribution in [0.3, 0.4) is 0 Å². The van der Waals surface area contributed by atoms with E-state index in [0.717, 1.165) is 17.9 Å². The molecule has 0 aliphatic rings. The molecule has 0 aliphatic heterocycles. The number of aromatic nitrogens is 2. The lowest BCUT2D eigenvalue weighted by atomic mass is 10.1. The van der Waals surface area contributed by atoms with Crippen molar-refractivity contribution in [2.45, 2.75) is 33.1 Å². The number of hydrogen-bond acceptors (Lipinski definition) is 3. The molecule has 18 heavy (non-hydrogen) atoms. The number of aryl methyl sites for hydroxylation is 1. The largest absolute Gasteiger partial charge is 0.485 e. The van der Waals surface area contributed by atoms with Gasteiger partial charge in [-0.05, 0) is 19.9 Å². The van der Waals surface area contributed by atoms with Gasteiger partial charge in [0.15, 0.2) is 0 Å². The number of aliphatic hydroxyl groups is 1. The van der Waals surface area contributed by atoms with Crippen LogP contribution in [-0.2, 0) is 13.2 Å². The Balaban J connectivity index is 2.11. The normalized spacial score (nSPS) is 12.4. The summed E-state index contributed by atoms with van der Waals surface area (Å²) in [5, 5.41) is 9.66. The van der Waals surface area contributed by atoms with Crippen LogP contribution in [0.4, 0.5) is 0 Å². The van der Waals surface area contributed by atoms with Crippen LogP contribution in [0.2, 0.25) is 0 Å². The van der Waals surface area contributed by atoms with E-state index >= 15 is 0 Å². The zero-order valence-electron chi connectivity index (χ0n) is 10.7. The summed E-state index contributed by atoms with van der Waals surface area (Å²) in [4.78, 5) is 4.25. The minimum atomic E-state index is -0.535. The molecule has 0 aliphatic carbocycles. The molecule has 1 N–H and O–H groups in total. The average Bonchev–Trinajstić information content (AvgIpc) is 2.84. The van der Waals surface area contributed by atoms with E-state index in [4.69, 9.17) is 4.74 Å². The molecule has 0 bridgehead atoms. The maximum absolute atomic E-state index is 9.66. The number of aliphatic hydroxyl groups excluding tert-OH is 1. The molecular formula is C14H18N2O2. The number of nitrogens with zero attached hydrogens (tertiary/aromatic N) is 2. The van der Waals surface area contributed by atoms with Crippen molar-refractivity contribution in [3.05, 3.63) is 48.0 Å². The second kappa shape index (κ2) is 5.69. The Bertz CT molecular complexity index is 506. The van der Waals surface area contributed by atoms with Gasteiger partial charge in [-0.2, -0.15) is 0 Å². The molecule has 0 radical (unpaired) electrons. The third-order valence-electron chi connectivity index (χ3n) is 2.87. The molecule has 0 fully saturated rings. The lowest BCUT2D eigenvalue weighted by molar-refractivity contribution is 0.189. The highest BCUT2D eigenvalue weighted by molar-refractivity contribution is 5.34. The van der Waals surface area contributed by atoms with Gasteiger partial charge in [0.1, 0.15) is 18.2 Å². The van der Waals surface area contributed by atoms with E-state index in [1.54, 1.807) is 13.1 Å². The number of hydrogen-bond donors (Lipinski definition) is 1. The van der Waals surface area contributed by atoms with Gasteiger partial charge >= 0.3 is 0 Å². The lowest BCUT2D eigenvalue weighted by Gasteiger charge is -2.13. The van der Waals surface area contributed by atoms with E-state index in [1.807, 2.05) is 35.0 Å². The molecular weight excluding hydrogens is 228 g/mol. The number of ether oxygens (including phenoxy) is 1. The first-order valence-electron chi connectivity index (χ1n) is 6.12. The summed E-state index contributed by atoms with van der Waals surface area (Å²) >= 11 is 0. The highest BCUT2D eigenvalue weighted by Crippen LogP contribution is 2.25. The Hall–Kier alpha value is -1.81. The second-order valence-electron chi connectivity index (χ2n) is 4.13. The van der Waals surface area contributed by atoms with Gasteiger partial charge in [-0.1, -0.05) is 18.2 Å². The van der Waals surface area contributed by atoms with Crippen LogP contribution in [0.15, 0.2) is 36.7 Å². The van der Waals surface area contributed by atoms with Gasteiger partial charge in [-0.25, -0.2) is 4.98 Å². The fraction of sp³-hybridized carbons (Fsp3) is 0.357. The van der Waals surface area contributed by atoms with Crippen LogP contribution in [0.5, 0.6) is 5.75 Å². The van der Waals surface area contributed by atoms with Crippen LogP contribution in [0, 0.1) is 0 Å². The van der Waals surface area contributed by atoms with Crippen molar-refractivity contribution in [3.63, 3.8) is 0 Å². The van der Waals surface area contributed by atoms with Crippen LogP contribution >= 0.6 is 0 Å². The van der Waals surface area contributed by atoms with Gasteiger partial charge in [-0.15, -0.1) is 0 Å². The number of imidazole rings is 1. The summed E-state index contributed by atoms with van der Waals surface area (Å²) in [7, 11) is 0. The maximum Gasteiger partial charge on any atom is 0.146 e. The van der Waals surface area contributed by atoms with Gasteiger partial charge in [0.2, 0.25) is 0 Å². The van der Waals surface area contributed by atoms with E-state index < -0.39 is 6.10 Å². The predicted octanol–water partition coefficient (Wildman–Crippen LogP) is 2.54. The van der Waals surface area contributed by atoms with E-state index in [0.29, 0.717) is 12.4 Å². The van der Waals surface area contributed by atoms with Gasteiger partial charge in [-0.3, -0.25) is 0 Å². The molecule has 1 heterocycles. The first-order valence-corrected chi connectivity index (χ1v) is 6.12. The minimum Gasteiger partial charge on any atom is -0.485 e. The quantitative estimate of drug-likeness (QED) is 0.882. The van der Waals surface area contributed by atoms with Gasteiger partial charge in [0.25, 0.3) is 0 Å². The molecule has 2 aromatic rings. The molecule has 1 aromatic carbocycles. The SMILES string of the molecule is CCn1ccnc1COc1ccccc1[C@@H](C)O. The molecule has 2 rings (SSSR count). The van der Waals surface area contributed by atoms with E-state index in [2.05, 4.69) is 11.9 Å². The van der Waals surface area contributed by atoms with Crippen LogP contribution in [0.25, 0.3) is 0 Å². The Morgan fingerprint density at radius 2 is 2.17 bits per heavy atom. The fourth-order valence-corrected chi connectivity index (χ4v) is 1.87. The van der Waals surface area contributed by atoms with Crippen LogP contribution in [0.1, 0.15) is 31.3 Å². The highest BCUT2D eigenvalue weighted by atomic mass is 16.5. The topological polar surface area (TPSA) is 47.3 Å². The van der Waals surface area contributed by atoms with Gasteiger partial charge in [0.05, 0.1) is 6.10 Å². The zero-order valence-corrected chi connectivity index (χ0v) is 10.7. The summed E-state index contributed by atoms with van der Waals surface area (Å²) in [6, 6.07) is 7.52. The number of rotatable bonds is 5. The third kappa shape index (κ3) is 2.71. The van der Waals surface area contributed by atoms with E-state index in [-0.39, 0.29) is 0 Å². The summed E-state index contributed by atoms with van der Waals surface area (Å²) < 4.78 is 7.77. The summed E-state index contributed by atoms with van der Waals surface area (Å²) in [5.41, 5.74) is 0.798. The molecule has 0 spiro atoms. The predicted molar refractivity (Wildman–Crippen MR) is 69.3 cm³/mol. The highest BCUT2D eigenvalue weighted by Gasteiger charge is 2.09. The molecule has 4 heteroatoms. The van der Waals surface area contributed by atoms with Crippen molar-refractivity contribution in [1.29, 1.82) is 0 Å². The molecule has 1 aromatic heterocycles. The Morgan fingerprint density at radius 1 is 1.39 bits per heavy atom. The first kappa shape index (κ1) is 12.6. The summed E-state index contributed by atoms with van der Waals surface area (Å²) in [6.07, 6.45) is 3.16. The van der Waals surface area contributed by atoms with Gasteiger partial charge < -0.3 is 14.4 Å². The standard InChI is InChI=1S/C14H18N2O2/c1-3-16-9-8-15-14(16)10-18-13-7-5-4-6-12(13)11(2)17/h4-9,11,17H,3,10H2,1-2H3/t11-/m1/s1. The Labute approximate surface area is 107 Å². The van der Waals surface area contributed by atoms with Crippen LogP contribution in [-0.4, -0.2) is 14.7 Å². The summed E-state index contributed by atoms with van der Waals surface area (Å²) in [5.74, 6) is 1.59. The molecule has 0 saturated carbocycles. The first-order chi connectivity index (χ1) is 8.72. The van der Waals surface area contributed by atoms with Crippen molar-refractivity contribution in [1.82, 2.24) is 9.55 Å². The molecule has 1 atom stereocenters. The van der Waals surface area contributed by atoms with E-state index in [1.165, 1.54) is 0 Å². The second-order valence-corrected chi connectivity index (χ2v) is 4.13. The van der Waals surface area contributed by atoms with Crippen molar-refractivity contribution in [3.8, 4) is 5.75 Å². The van der Waals surface area contributed by atoms with Crippen molar-refractivity contribution >= 4 is 0 Å². The Kier molecular flexibility index (Phi) is 3.99.